The van der Waals surface area contributed by atoms with E-state index in [2.05, 4.69) is 24.5 Å². The molecule has 1 aliphatic heterocycles. The number of benzene rings is 2. The highest BCUT2D eigenvalue weighted by atomic mass is 16.5. The lowest BCUT2D eigenvalue weighted by atomic mass is 9.94. The predicted octanol–water partition coefficient (Wildman–Crippen LogP) is 7.15. The van der Waals surface area contributed by atoms with Gasteiger partial charge in [0.1, 0.15) is 0 Å². The summed E-state index contributed by atoms with van der Waals surface area (Å²) in [5.74, 6) is -0.674. The second-order valence-corrected chi connectivity index (χ2v) is 10.4. The lowest BCUT2D eigenvalue weighted by Gasteiger charge is -2.35. The van der Waals surface area contributed by atoms with Gasteiger partial charge >= 0.3 is 12.0 Å². The Labute approximate surface area is 233 Å². The van der Waals surface area contributed by atoms with Gasteiger partial charge in [-0.3, -0.25) is 9.69 Å². The molecular formula is C32H43N3O4. The van der Waals surface area contributed by atoms with E-state index in [9.17, 15) is 14.4 Å². The van der Waals surface area contributed by atoms with E-state index < -0.39 is 12.0 Å². The highest BCUT2D eigenvalue weighted by Crippen LogP contribution is 2.33. The number of nitrogens with one attached hydrogen (secondary N) is 2. The van der Waals surface area contributed by atoms with Crippen LogP contribution in [0.2, 0.25) is 0 Å². The van der Waals surface area contributed by atoms with Gasteiger partial charge in [-0.15, -0.1) is 0 Å². The maximum Gasteiger partial charge on any atom is 0.338 e. The van der Waals surface area contributed by atoms with Crippen LogP contribution in [0.15, 0.2) is 59.8 Å². The zero-order valence-electron chi connectivity index (χ0n) is 24.0. The molecular weight excluding hydrogens is 490 g/mol. The predicted molar refractivity (Wildman–Crippen MR) is 155 cm³/mol. The van der Waals surface area contributed by atoms with E-state index >= 15 is 0 Å². The van der Waals surface area contributed by atoms with E-state index in [-0.39, 0.29) is 18.0 Å². The minimum absolute atomic E-state index is 0.214. The van der Waals surface area contributed by atoms with Crippen molar-refractivity contribution in [1.29, 1.82) is 0 Å². The first-order chi connectivity index (χ1) is 18.7. The van der Waals surface area contributed by atoms with Crippen molar-refractivity contribution >= 4 is 23.6 Å². The monoisotopic (exact) mass is 533 g/mol. The molecule has 210 valence electrons. The molecule has 0 radical (unpaired) electrons. The smallest absolute Gasteiger partial charge is 0.338 e. The zero-order chi connectivity index (χ0) is 28.4. The number of aryl methyl sites for hydroxylation is 1. The maximum atomic E-state index is 13.2. The number of carbonyl (C=O) groups excluding carboxylic acids is 3. The third-order valence-corrected chi connectivity index (χ3v) is 6.91. The molecule has 2 N–H and O–H groups in total. The van der Waals surface area contributed by atoms with Crippen LogP contribution in [0.25, 0.3) is 0 Å². The topological polar surface area (TPSA) is 87.7 Å². The van der Waals surface area contributed by atoms with Crippen LogP contribution in [0.3, 0.4) is 0 Å². The van der Waals surface area contributed by atoms with Gasteiger partial charge in [-0.05, 0) is 75.4 Å². The molecule has 0 bridgehead atoms. The number of rotatable bonds is 13. The molecule has 0 saturated heterocycles. The molecule has 7 nitrogen and oxygen atoms in total. The Hall–Kier alpha value is -3.61. The number of allylic oxidation sites excluding steroid dienone is 1. The molecule has 39 heavy (non-hydrogen) atoms. The van der Waals surface area contributed by atoms with Crippen LogP contribution in [0.5, 0.6) is 0 Å². The number of ether oxygens (including phenoxy) is 1. The van der Waals surface area contributed by atoms with E-state index in [1.807, 2.05) is 30.3 Å². The molecule has 3 rings (SSSR count). The molecule has 1 heterocycles. The minimum atomic E-state index is -0.689. The van der Waals surface area contributed by atoms with Crippen molar-refractivity contribution in [2.24, 2.45) is 0 Å². The number of carbonyl (C=O) groups is 3. The van der Waals surface area contributed by atoms with Crippen LogP contribution in [0.1, 0.15) is 101 Å². The number of nitrogens with zero attached hydrogens (tertiary/aromatic N) is 1. The molecule has 1 aliphatic rings. The molecule has 2 aromatic carbocycles. The maximum absolute atomic E-state index is 13.2. The van der Waals surface area contributed by atoms with Gasteiger partial charge in [0.2, 0.25) is 0 Å². The average Bonchev–Trinajstić information content (AvgIpc) is 2.90. The second-order valence-electron chi connectivity index (χ2n) is 10.4. The van der Waals surface area contributed by atoms with Gasteiger partial charge in [-0.1, -0.05) is 63.8 Å². The van der Waals surface area contributed by atoms with Crippen LogP contribution in [-0.4, -0.2) is 35.5 Å². The Morgan fingerprint density at radius 2 is 1.72 bits per heavy atom. The number of urea groups is 1. The molecule has 0 saturated carbocycles. The van der Waals surface area contributed by atoms with E-state index in [1.165, 1.54) is 24.8 Å². The summed E-state index contributed by atoms with van der Waals surface area (Å²) in [7, 11) is 0. The fourth-order valence-electron chi connectivity index (χ4n) is 4.74. The number of hydrogen-bond acceptors (Lipinski definition) is 4. The highest BCUT2D eigenvalue weighted by molar-refractivity contribution is 6.04. The molecule has 2 aromatic rings. The molecule has 1 unspecified atom stereocenters. The van der Waals surface area contributed by atoms with Gasteiger partial charge in [0.15, 0.2) is 0 Å². The summed E-state index contributed by atoms with van der Waals surface area (Å²) in [5, 5.41) is 5.94. The van der Waals surface area contributed by atoms with Crippen LogP contribution in [0.4, 0.5) is 10.5 Å². The van der Waals surface area contributed by atoms with Crippen LogP contribution in [0, 0.1) is 0 Å². The summed E-state index contributed by atoms with van der Waals surface area (Å²) < 4.78 is 5.55. The van der Waals surface area contributed by atoms with Crippen molar-refractivity contribution in [3.63, 3.8) is 0 Å². The zero-order valence-corrected chi connectivity index (χ0v) is 24.0. The fraction of sp³-hybridized carbons (Fsp3) is 0.469. The highest BCUT2D eigenvalue weighted by Gasteiger charge is 2.36. The van der Waals surface area contributed by atoms with E-state index in [0.29, 0.717) is 34.6 Å². The quantitative estimate of drug-likeness (QED) is 0.211. The van der Waals surface area contributed by atoms with Crippen molar-refractivity contribution in [3.8, 4) is 0 Å². The van der Waals surface area contributed by atoms with Crippen molar-refractivity contribution in [1.82, 2.24) is 10.2 Å². The summed E-state index contributed by atoms with van der Waals surface area (Å²) in [5.41, 5.74) is 4.07. The Morgan fingerprint density at radius 3 is 2.38 bits per heavy atom. The average molecular weight is 534 g/mol. The Kier molecular flexibility index (Phi) is 11.1. The van der Waals surface area contributed by atoms with Crippen molar-refractivity contribution in [2.45, 2.75) is 91.7 Å². The number of esters is 1. The lowest BCUT2D eigenvalue weighted by molar-refractivity contribution is -0.143. The van der Waals surface area contributed by atoms with Crippen LogP contribution in [-0.2, 0) is 16.0 Å². The van der Waals surface area contributed by atoms with Gasteiger partial charge < -0.3 is 15.4 Å². The van der Waals surface area contributed by atoms with Crippen molar-refractivity contribution in [3.05, 3.63) is 76.5 Å². The lowest BCUT2D eigenvalue weighted by Crippen LogP contribution is -2.48. The molecule has 7 heteroatoms. The summed E-state index contributed by atoms with van der Waals surface area (Å²) in [6.07, 6.45) is 7.30. The third kappa shape index (κ3) is 8.19. The number of amides is 3. The number of hydrogen-bond donors (Lipinski definition) is 2. The molecule has 0 aromatic heterocycles. The molecule has 1 atom stereocenters. The fourth-order valence-corrected chi connectivity index (χ4v) is 4.74. The van der Waals surface area contributed by atoms with Crippen molar-refractivity contribution in [2.75, 3.05) is 11.9 Å². The molecule has 0 spiro atoms. The largest absolute Gasteiger partial charge is 0.459 e. The van der Waals surface area contributed by atoms with E-state index in [1.54, 1.807) is 43.9 Å². The Bertz CT molecular complexity index is 1170. The van der Waals surface area contributed by atoms with Gasteiger partial charge in [0.05, 0.1) is 17.7 Å². The van der Waals surface area contributed by atoms with Crippen LogP contribution >= 0.6 is 0 Å². The molecule has 3 amide bonds. The first-order valence-electron chi connectivity index (χ1n) is 14.2. The van der Waals surface area contributed by atoms with E-state index in [4.69, 9.17) is 4.74 Å². The van der Waals surface area contributed by atoms with Gasteiger partial charge in [0.25, 0.3) is 5.91 Å². The molecule has 0 aliphatic carbocycles. The minimum Gasteiger partial charge on any atom is -0.459 e. The third-order valence-electron chi connectivity index (χ3n) is 6.91. The standard InChI is InChI=1S/C32H43N3O4/c1-6-8-10-11-13-24-16-18-25(19-17-24)30(36)33-27-15-12-14-26(21-27)29-28(31(37)39-22(3)4)23(5)35(20-9-7-2)32(38)34-29/h12,14-19,21-22,29H,6-11,13,20H2,1-5H3,(H,33,36)(H,34,38). The van der Waals surface area contributed by atoms with Crippen LogP contribution < -0.4 is 10.6 Å². The number of anilines is 1. The first kappa shape index (κ1) is 29.9. The summed E-state index contributed by atoms with van der Waals surface area (Å²) in [6, 6.07) is 14.0. The van der Waals surface area contributed by atoms with Gasteiger partial charge in [-0.2, -0.15) is 0 Å². The summed E-state index contributed by atoms with van der Waals surface area (Å²) in [4.78, 5) is 40.8. The summed E-state index contributed by atoms with van der Waals surface area (Å²) in [6.45, 7) is 10.2. The van der Waals surface area contributed by atoms with Gasteiger partial charge in [-0.25, -0.2) is 9.59 Å². The first-order valence-corrected chi connectivity index (χ1v) is 14.2. The van der Waals surface area contributed by atoms with Crippen molar-refractivity contribution < 1.29 is 19.1 Å². The SMILES string of the molecule is CCCCCCc1ccc(C(=O)Nc2cccc(C3NC(=O)N(CCCC)C(C)=C3C(=O)OC(C)C)c2)cc1. The Balaban J connectivity index is 1.80. The van der Waals surface area contributed by atoms with Gasteiger partial charge in [0, 0.05) is 23.5 Å². The summed E-state index contributed by atoms with van der Waals surface area (Å²) >= 11 is 0. The normalized spacial score (nSPS) is 15.4. The second kappa shape index (κ2) is 14.5. The van der Waals surface area contributed by atoms with E-state index in [0.717, 1.165) is 25.7 Å². The number of unbranched alkanes of at least 4 members (excludes halogenated alkanes) is 4. The molecule has 0 fully saturated rings. The Morgan fingerprint density at radius 1 is 1.00 bits per heavy atom.